The van der Waals surface area contributed by atoms with E-state index in [1.54, 1.807) is 6.20 Å². The second-order valence-electron chi connectivity index (χ2n) is 7.34. The number of nitrogens with zero attached hydrogens (tertiary/aromatic N) is 1. The molecule has 4 aliphatic rings. The molecule has 3 heteroatoms. The maximum absolute atomic E-state index is 12.5. The molecule has 0 spiro atoms. The van der Waals surface area contributed by atoms with Crippen molar-refractivity contribution in [3.8, 4) is 0 Å². The van der Waals surface area contributed by atoms with Gasteiger partial charge in [0.15, 0.2) is 0 Å². The summed E-state index contributed by atoms with van der Waals surface area (Å²) in [5.74, 6) is 2.68. The molecule has 20 heavy (non-hydrogen) atoms. The van der Waals surface area contributed by atoms with Gasteiger partial charge in [-0.15, -0.1) is 0 Å². The second-order valence-corrected chi connectivity index (χ2v) is 7.34. The maximum Gasteiger partial charge on any atom is 0.251 e. The van der Waals surface area contributed by atoms with E-state index in [1.807, 2.05) is 19.1 Å². The fourth-order valence-corrected chi connectivity index (χ4v) is 5.26. The summed E-state index contributed by atoms with van der Waals surface area (Å²) in [6, 6.07) is 3.71. The number of hydrogen-bond donors (Lipinski definition) is 1. The van der Waals surface area contributed by atoms with Crippen molar-refractivity contribution in [1.29, 1.82) is 0 Å². The smallest absolute Gasteiger partial charge is 0.251 e. The van der Waals surface area contributed by atoms with Crippen molar-refractivity contribution in [2.45, 2.75) is 51.0 Å². The van der Waals surface area contributed by atoms with Crippen LogP contribution in [0.3, 0.4) is 0 Å². The van der Waals surface area contributed by atoms with Crippen LogP contribution in [0.25, 0.3) is 0 Å². The standard InChI is InChI=1S/C17H22N2O/c1-11-4-15(2-3-18-11)16(20)19-17-8-12-5-13(9-17)7-14(6-12)10-17/h2-4,12-14H,5-10H2,1H3,(H,19,20). The van der Waals surface area contributed by atoms with Crippen molar-refractivity contribution in [2.75, 3.05) is 0 Å². The Kier molecular flexibility index (Phi) is 2.66. The largest absolute Gasteiger partial charge is 0.347 e. The lowest BCUT2D eigenvalue weighted by molar-refractivity contribution is -0.0167. The quantitative estimate of drug-likeness (QED) is 0.897. The van der Waals surface area contributed by atoms with Crippen LogP contribution < -0.4 is 5.32 Å². The van der Waals surface area contributed by atoms with Crippen molar-refractivity contribution in [2.24, 2.45) is 17.8 Å². The molecule has 106 valence electrons. The van der Waals surface area contributed by atoms with Gasteiger partial charge in [0.05, 0.1) is 0 Å². The summed E-state index contributed by atoms with van der Waals surface area (Å²) in [6.45, 7) is 1.93. The van der Waals surface area contributed by atoms with Gasteiger partial charge >= 0.3 is 0 Å². The zero-order valence-corrected chi connectivity index (χ0v) is 12.1. The van der Waals surface area contributed by atoms with E-state index in [4.69, 9.17) is 0 Å². The SMILES string of the molecule is Cc1cc(C(=O)NC23CC4CC(CC(C4)C2)C3)ccn1. The summed E-state index contributed by atoms with van der Waals surface area (Å²) in [7, 11) is 0. The zero-order chi connectivity index (χ0) is 13.7. The molecule has 4 aliphatic carbocycles. The molecule has 0 aromatic carbocycles. The van der Waals surface area contributed by atoms with Crippen molar-refractivity contribution in [3.05, 3.63) is 29.6 Å². The summed E-state index contributed by atoms with van der Waals surface area (Å²) < 4.78 is 0. The molecule has 3 nitrogen and oxygen atoms in total. The molecule has 0 radical (unpaired) electrons. The monoisotopic (exact) mass is 270 g/mol. The molecule has 4 bridgehead atoms. The van der Waals surface area contributed by atoms with Crippen LogP contribution in [-0.4, -0.2) is 16.4 Å². The first kappa shape index (κ1) is 12.4. The highest BCUT2D eigenvalue weighted by Crippen LogP contribution is 2.55. The third-order valence-electron chi connectivity index (χ3n) is 5.58. The summed E-state index contributed by atoms with van der Waals surface area (Å²) >= 11 is 0. The van der Waals surface area contributed by atoms with Crippen molar-refractivity contribution < 1.29 is 4.79 Å². The van der Waals surface area contributed by atoms with Crippen LogP contribution in [0.5, 0.6) is 0 Å². The third kappa shape index (κ3) is 2.04. The van der Waals surface area contributed by atoms with Gasteiger partial charge in [-0.25, -0.2) is 0 Å². The minimum absolute atomic E-state index is 0.0949. The topological polar surface area (TPSA) is 42.0 Å². The maximum atomic E-state index is 12.5. The molecule has 0 aliphatic heterocycles. The van der Waals surface area contributed by atoms with Gasteiger partial charge < -0.3 is 5.32 Å². The van der Waals surface area contributed by atoms with Crippen molar-refractivity contribution in [1.82, 2.24) is 10.3 Å². The predicted octanol–water partition coefficient (Wildman–Crippen LogP) is 3.09. The Hall–Kier alpha value is -1.38. The molecule has 4 saturated carbocycles. The lowest BCUT2D eigenvalue weighted by Gasteiger charge is -2.56. The van der Waals surface area contributed by atoms with E-state index < -0.39 is 0 Å². The number of aromatic nitrogens is 1. The number of nitrogens with one attached hydrogen (secondary N) is 1. The molecular formula is C17H22N2O. The molecule has 0 atom stereocenters. The lowest BCUT2D eigenvalue weighted by Crippen LogP contribution is -2.59. The van der Waals surface area contributed by atoms with E-state index in [-0.39, 0.29) is 11.4 Å². The van der Waals surface area contributed by atoms with Crippen LogP contribution in [-0.2, 0) is 0 Å². The zero-order valence-electron chi connectivity index (χ0n) is 12.1. The van der Waals surface area contributed by atoms with Gasteiger partial charge in [0.25, 0.3) is 5.91 Å². The predicted molar refractivity (Wildman–Crippen MR) is 77.3 cm³/mol. The van der Waals surface area contributed by atoms with Crippen LogP contribution in [0.15, 0.2) is 18.3 Å². The van der Waals surface area contributed by atoms with Crippen LogP contribution in [0.2, 0.25) is 0 Å². The Morgan fingerprint density at radius 1 is 1.20 bits per heavy atom. The van der Waals surface area contributed by atoms with Gasteiger partial charge in [0, 0.05) is 23.0 Å². The molecule has 1 heterocycles. The number of pyridine rings is 1. The van der Waals surface area contributed by atoms with Crippen LogP contribution in [0.1, 0.15) is 54.6 Å². The van der Waals surface area contributed by atoms with E-state index >= 15 is 0 Å². The number of aryl methyl sites for hydroxylation is 1. The Bertz CT molecular complexity index is 516. The average Bonchev–Trinajstić information content (AvgIpc) is 2.36. The van der Waals surface area contributed by atoms with E-state index in [1.165, 1.54) is 38.5 Å². The van der Waals surface area contributed by atoms with Gasteiger partial charge in [0.1, 0.15) is 0 Å². The highest BCUT2D eigenvalue weighted by molar-refractivity contribution is 5.94. The third-order valence-corrected chi connectivity index (χ3v) is 5.58. The van der Waals surface area contributed by atoms with Gasteiger partial charge in [0.2, 0.25) is 0 Å². The van der Waals surface area contributed by atoms with Gasteiger partial charge in [-0.2, -0.15) is 0 Å². The Balaban J connectivity index is 1.55. The minimum Gasteiger partial charge on any atom is -0.347 e. The molecule has 1 N–H and O–H groups in total. The first-order valence-electron chi connectivity index (χ1n) is 7.87. The Morgan fingerprint density at radius 3 is 2.35 bits per heavy atom. The van der Waals surface area contributed by atoms with E-state index in [0.29, 0.717) is 0 Å². The fourth-order valence-electron chi connectivity index (χ4n) is 5.26. The van der Waals surface area contributed by atoms with Crippen LogP contribution in [0.4, 0.5) is 0 Å². The average molecular weight is 270 g/mol. The van der Waals surface area contributed by atoms with Crippen molar-refractivity contribution >= 4 is 5.91 Å². The minimum atomic E-state index is 0.0949. The van der Waals surface area contributed by atoms with Crippen molar-refractivity contribution in [3.63, 3.8) is 0 Å². The molecular weight excluding hydrogens is 248 g/mol. The molecule has 5 rings (SSSR count). The number of carbonyl (C=O) groups is 1. The Labute approximate surface area is 120 Å². The first-order valence-corrected chi connectivity index (χ1v) is 7.87. The van der Waals surface area contributed by atoms with E-state index in [0.717, 1.165) is 29.0 Å². The van der Waals surface area contributed by atoms with E-state index in [2.05, 4.69) is 10.3 Å². The highest BCUT2D eigenvalue weighted by atomic mass is 16.1. The molecule has 1 amide bonds. The number of hydrogen-bond acceptors (Lipinski definition) is 2. The molecule has 0 unspecified atom stereocenters. The first-order chi connectivity index (χ1) is 9.62. The fraction of sp³-hybridized carbons (Fsp3) is 0.647. The summed E-state index contributed by atoms with van der Waals surface area (Å²) in [4.78, 5) is 16.7. The van der Waals surface area contributed by atoms with Gasteiger partial charge in [-0.1, -0.05) is 0 Å². The van der Waals surface area contributed by atoms with Crippen LogP contribution >= 0.6 is 0 Å². The lowest BCUT2D eigenvalue weighted by atomic mass is 9.53. The normalized spacial score (nSPS) is 38.0. The van der Waals surface area contributed by atoms with E-state index in [9.17, 15) is 4.79 Å². The number of rotatable bonds is 2. The highest BCUT2D eigenvalue weighted by Gasteiger charge is 2.51. The van der Waals surface area contributed by atoms with Crippen LogP contribution in [0, 0.1) is 24.7 Å². The molecule has 1 aromatic rings. The summed E-state index contributed by atoms with van der Waals surface area (Å²) in [5, 5.41) is 3.40. The number of carbonyl (C=O) groups excluding carboxylic acids is 1. The van der Waals surface area contributed by atoms with Gasteiger partial charge in [-0.3, -0.25) is 9.78 Å². The van der Waals surface area contributed by atoms with Gasteiger partial charge in [-0.05, 0) is 75.3 Å². The summed E-state index contributed by atoms with van der Waals surface area (Å²) in [5.41, 5.74) is 1.76. The summed E-state index contributed by atoms with van der Waals surface area (Å²) in [6.07, 6.45) is 9.55. The second kappa shape index (κ2) is 4.31. The molecule has 0 saturated heterocycles. The Morgan fingerprint density at radius 2 is 1.80 bits per heavy atom. The molecule has 1 aromatic heterocycles. The molecule has 4 fully saturated rings. The number of amides is 1.